The van der Waals surface area contributed by atoms with E-state index in [4.69, 9.17) is 0 Å². The molecule has 1 unspecified atom stereocenters. The summed E-state index contributed by atoms with van der Waals surface area (Å²) in [6, 6.07) is 8.90. The van der Waals surface area contributed by atoms with Crippen LogP contribution < -0.4 is 0 Å². The summed E-state index contributed by atoms with van der Waals surface area (Å²) in [5.41, 5.74) is 3.05. The van der Waals surface area contributed by atoms with E-state index in [-0.39, 0.29) is 0 Å². The fourth-order valence-electron chi connectivity index (χ4n) is 2.79. The molecule has 1 aromatic carbocycles. The van der Waals surface area contributed by atoms with Gasteiger partial charge in [-0.2, -0.15) is 0 Å². The predicted molar refractivity (Wildman–Crippen MR) is 76.4 cm³/mol. The molecule has 1 radical (unpaired) electrons. The van der Waals surface area contributed by atoms with E-state index in [2.05, 4.69) is 65.7 Å². The Labute approximate surface area is 110 Å². The van der Waals surface area contributed by atoms with Gasteiger partial charge in [-0.25, -0.2) is 0 Å². The van der Waals surface area contributed by atoms with E-state index in [1.807, 2.05) is 0 Å². The van der Waals surface area contributed by atoms with Gasteiger partial charge in [0.05, 0.1) is 0 Å². The van der Waals surface area contributed by atoms with Gasteiger partial charge >= 0.3 is 111 Å². The molecule has 2 aliphatic carbocycles. The van der Waals surface area contributed by atoms with E-state index in [0.29, 0.717) is 0 Å². The minimum absolute atomic E-state index is 0.732. The van der Waals surface area contributed by atoms with Crippen molar-refractivity contribution in [1.29, 1.82) is 0 Å². The van der Waals surface area contributed by atoms with E-state index in [1.165, 1.54) is 10.0 Å². The number of hydrogen-bond donors (Lipinski definition) is 0. The molecule has 0 heterocycles. The van der Waals surface area contributed by atoms with Crippen molar-refractivity contribution in [3.8, 4) is 0 Å². The summed E-state index contributed by atoms with van der Waals surface area (Å²) in [5, 5.41) is 0. The Balaban J connectivity index is 1.75. The van der Waals surface area contributed by atoms with Gasteiger partial charge in [0.15, 0.2) is 0 Å². The molecule has 0 bridgehead atoms. The van der Waals surface area contributed by atoms with Crippen molar-refractivity contribution in [3.63, 3.8) is 0 Å². The second-order valence-corrected chi connectivity index (χ2v) is 12.7. The van der Waals surface area contributed by atoms with Crippen LogP contribution in [0.25, 0.3) is 6.08 Å². The standard InChI is InChI=1S/C9H7.C6H7.CH3.Sn/c1-2-5-9-7-3-6-8(9)4-1;1-6-4-2-3-5-6;;/h1-7H;2-6H,1H2;1H3;. The van der Waals surface area contributed by atoms with Crippen molar-refractivity contribution in [2.45, 2.75) is 13.3 Å². The molecule has 0 amide bonds. The van der Waals surface area contributed by atoms with Crippen LogP contribution in [0.5, 0.6) is 0 Å². The van der Waals surface area contributed by atoms with Crippen LogP contribution in [0.3, 0.4) is 0 Å². The topological polar surface area (TPSA) is 0 Å². The summed E-state index contributed by atoms with van der Waals surface area (Å²) >= 11 is -1.33. The van der Waals surface area contributed by atoms with Gasteiger partial charge in [0.1, 0.15) is 0 Å². The number of fused-ring (bicyclic) bond motifs is 1. The Morgan fingerprint density at radius 1 is 1.06 bits per heavy atom. The third-order valence-corrected chi connectivity index (χ3v) is 11.4. The van der Waals surface area contributed by atoms with Gasteiger partial charge in [0, 0.05) is 0 Å². The SMILES string of the molecule is [CH3][Sn]([CH2]C1C=CC=C1)[CH]1C=Cc2ccccc21. The van der Waals surface area contributed by atoms with Crippen molar-refractivity contribution in [3.05, 3.63) is 65.8 Å². The average molecular weight is 328 g/mol. The number of allylic oxidation sites excluding steroid dienone is 5. The van der Waals surface area contributed by atoms with Gasteiger partial charge in [-0.15, -0.1) is 0 Å². The van der Waals surface area contributed by atoms with Crippen LogP contribution >= 0.6 is 0 Å². The van der Waals surface area contributed by atoms with Crippen molar-refractivity contribution >= 4 is 25.8 Å². The normalized spacial score (nSPS) is 21.6. The second kappa shape index (κ2) is 4.85. The zero-order chi connectivity index (χ0) is 11.7. The number of hydrogen-bond acceptors (Lipinski definition) is 0. The molecule has 0 aliphatic heterocycles. The third kappa shape index (κ3) is 2.28. The summed E-state index contributed by atoms with van der Waals surface area (Å²) < 4.78 is 2.24. The van der Waals surface area contributed by atoms with Gasteiger partial charge in [-0.3, -0.25) is 0 Å². The molecular formula is C16H17Sn. The fraction of sp³-hybridized carbons (Fsp3) is 0.250. The Kier molecular flexibility index (Phi) is 3.23. The Hall–Kier alpha value is -0.761. The van der Waals surface area contributed by atoms with E-state index in [0.717, 1.165) is 9.85 Å². The molecule has 1 heteroatoms. The summed E-state index contributed by atoms with van der Waals surface area (Å²) in [5.74, 6) is 0.732. The average Bonchev–Trinajstić information content (AvgIpc) is 2.96. The van der Waals surface area contributed by atoms with Crippen LogP contribution in [0, 0.1) is 5.92 Å². The van der Waals surface area contributed by atoms with Crippen LogP contribution in [0.2, 0.25) is 9.38 Å². The zero-order valence-electron chi connectivity index (χ0n) is 10.1. The molecule has 0 aromatic heterocycles. The Morgan fingerprint density at radius 3 is 2.65 bits per heavy atom. The van der Waals surface area contributed by atoms with Crippen LogP contribution in [-0.2, 0) is 0 Å². The molecule has 0 fully saturated rings. The first kappa shape index (κ1) is 11.3. The molecule has 3 rings (SSSR count). The maximum atomic E-state index is 2.57. The van der Waals surface area contributed by atoms with Crippen LogP contribution in [0.15, 0.2) is 54.6 Å². The molecule has 85 valence electrons. The van der Waals surface area contributed by atoms with Crippen LogP contribution in [0.4, 0.5) is 0 Å². The Morgan fingerprint density at radius 2 is 1.82 bits per heavy atom. The van der Waals surface area contributed by atoms with Crippen LogP contribution in [-0.4, -0.2) is 19.8 Å². The fourth-order valence-corrected chi connectivity index (χ4v) is 9.89. The molecule has 0 saturated carbocycles. The predicted octanol–water partition coefficient (Wildman–Crippen LogP) is 4.20. The molecule has 0 spiro atoms. The van der Waals surface area contributed by atoms with Crippen molar-refractivity contribution in [2.75, 3.05) is 0 Å². The molecule has 0 nitrogen and oxygen atoms in total. The zero-order valence-corrected chi connectivity index (χ0v) is 13.0. The molecule has 17 heavy (non-hydrogen) atoms. The number of benzene rings is 1. The summed E-state index contributed by atoms with van der Waals surface area (Å²) in [6.07, 6.45) is 13.9. The van der Waals surface area contributed by atoms with Crippen molar-refractivity contribution in [2.24, 2.45) is 5.92 Å². The quantitative estimate of drug-likeness (QED) is 0.730. The summed E-state index contributed by atoms with van der Waals surface area (Å²) in [4.78, 5) is 2.57. The first-order valence-corrected chi connectivity index (χ1v) is 12.8. The maximum absolute atomic E-state index is 2.57. The van der Waals surface area contributed by atoms with Gasteiger partial charge in [-0.1, -0.05) is 0 Å². The molecule has 1 atom stereocenters. The van der Waals surface area contributed by atoms with Crippen molar-refractivity contribution < 1.29 is 0 Å². The van der Waals surface area contributed by atoms with Gasteiger partial charge in [0.2, 0.25) is 0 Å². The summed E-state index contributed by atoms with van der Waals surface area (Å²) in [6.45, 7) is 0. The first-order chi connectivity index (χ1) is 8.34. The number of rotatable bonds is 3. The van der Waals surface area contributed by atoms with Gasteiger partial charge in [-0.05, 0) is 0 Å². The van der Waals surface area contributed by atoms with E-state index >= 15 is 0 Å². The van der Waals surface area contributed by atoms with E-state index in [1.54, 1.807) is 5.56 Å². The van der Waals surface area contributed by atoms with Crippen LogP contribution in [0.1, 0.15) is 15.1 Å². The molecule has 0 saturated heterocycles. The third-order valence-electron chi connectivity index (χ3n) is 3.72. The summed E-state index contributed by atoms with van der Waals surface area (Å²) in [7, 11) is 0. The minimum atomic E-state index is -1.33. The van der Waals surface area contributed by atoms with Crippen molar-refractivity contribution in [1.82, 2.24) is 0 Å². The molecular weight excluding hydrogens is 311 g/mol. The molecule has 2 aliphatic rings. The molecule has 0 N–H and O–H groups in total. The van der Waals surface area contributed by atoms with Gasteiger partial charge < -0.3 is 0 Å². The van der Waals surface area contributed by atoms with E-state index < -0.39 is 19.8 Å². The molecule has 1 aromatic rings. The second-order valence-electron chi connectivity index (χ2n) is 4.95. The first-order valence-electron chi connectivity index (χ1n) is 6.29. The Bertz CT molecular complexity index is 484. The van der Waals surface area contributed by atoms with Gasteiger partial charge in [0.25, 0.3) is 0 Å². The monoisotopic (exact) mass is 329 g/mol. The van der Waals surface area contributed by atoms with E-state index in [9.17, 15) is 0 Å².